The van der Waals surface area contributed by atoms with E-state index in [1.54, 1.807) is 0 Å². The van der Waals surface area contributed by atoms with Crippen LogP contribution in [0.25, 0.3) is 11.3 Å². The number of aromatic nitrogens is 3. The highest BCUT2D eigenvalue weighted by molar-refractivity contribution is 14.1. The fourth-order valence-corrected chi connectivity index (χ4v) is 4.56. The molecule has 32 heavy (non-hydrogen) atoms. The maximum atomic E-state index is 5.53. The van der Waals surface area contributed by atoms with Crippen LogP contribution in [0.1, 0.15) is 30.2 Å². The van der Waals surface area contributed by atoms with Gasteiger partial charge in [-0.3, -0.25) is 4.98 Å². The monoisotopic (exact) mass is 558 g/mol. The highest BCUT2D eigenvalue weighted by atomic mass is 127. The van der Waals surface area contributed by atoms with Gasteiger partial charge in [-0.2, -0.15) is 0 Å². The van der Waals surface area contributed by atoms with Crippen LogP contribution < -0.4 is 10.6 Å². The minimum absolute atomic E-state index is 0.572. The number of hydrogen-bond donors (Lipinski definition) is 2. The van der Waals surface area contributed by atoms with Crippen molar-refractivity contribution < 1.29 is 0 Å². The average molecular weight is 558 g/mol. The average Bonchev–Trinajstić information content (AvgIpc) is 2.88. The van der Waals surface area contributed by atoms with E-state index in [4.69, 9.17) is 17.2 Å². The molecule has 0 unspecified atom stereocenters. The summed E-state index contributed by atoms with van der Waals surface area (Å²) in [6.07, 6.45) is 7.42. The van der Waals surface area contributed by atoms with Gasteiger partial charge in [0.1, 0.15) is 0 Å². The molecule has 0 amide bonds. The summed E-state index contributed by atoms with van der Waals surface area (Å²) in [6, 6.07) is 8.47. The maximum absolute atomic E-state index is 5.53. The molecule has 1 aromatic carbocycles. The van der Waals surface area contributed by atoms with Gasteiger partial charge in [0.2, 0.25) is 5.95 Å². The molecule has 0 radical (unpaired) electrons. The number of pyridine rings is 1. The zero-order chi connectivity index (χ0) is 22.7. The molecule has 2 aromatic heterocycles. The Morgan fingerprint density at radius 1 is 1.19 bits per heavy atom. The number of rotatable bonds is 7. The Kier molecular flexibility index (Phi) is 7.32. The van der Waals surface area contributed by atoms with Crippen molar-refractivity contribution in [2.45, 2.75) is 32.6 Å². The lowest BCUT2D eigenvalue weighted by Gasteiger charge is -2.14. The minimum Gasteiger partial charge on any atom is -0.349 e. The zero-order valence-electron chi connectivity index (χ0n) is 18.6. The smallest absolute Gasteiger partial charge is 0.227 e. The number of anilines is 3. The molecule has 0 fully saturated rings. The normalized spacial score (nSPS) is 12.7. The third-order valence-electron chi connectivity index (χ3n) is 5.41. The van der Waals surface area contributed by atoms with E-state index in [1.165, 1.54) is 5.56 Å². The predicted molar refractivity (Wildman–Crippen MR) is 144 cm³/mol. The van der Waals surface area contributed by atoms with Crippen LogP contribution in [0.2, 0.25) is 0 Å². The number of aryl methyl sites for hydroxylation is 2. The first-order valence-electron chi connectivity index (χ1n) is 10.8. The molecule has 166 valence electrons. The van der Waals surface area contributed by atoms with E-state index in [9.17, 15) is 0 Å². The van der Waals surface area contributed by atoms with Crippen molar-refractivity contribution in [3.05, 3.63) is 57.1 Å². The van der Waals surface area contributed by atoms with E-state index in [2.05, 4.69) is 93.4 Å². The summed E-state index contributed by atoms with van der Waals surface area (Å²) in [5.74, 6) is 0.572. The Hall–Kier alpha value is -2.17. The van der Waals surface area contributed by atoms with Crippen molar-refractivity contribution >= 4 is 57.1 Å². The van der Waals surface area contributed by atoms with Gasteiger partial charge in [-0.25, -0.2) is 9.97 Å². The Morgan fingerprint density at radius 2 is 2.03 bits per heavy atom. The van der Waals surface area contributed by atoms with Crippen molar-refractivity contribution in [3.8, 4) is 11.3 Å². The van der Waals surface area contributed by atoms with Crippen LogP contribution in [0, 0.1) is 3.57 Å². The standard InChI is InChI=1S/C24H27IN6S/c1-4-19-21(10-15(13-26-19)6-5-9-31(2)3)29-24-27-14-16-11-22(32)28-20-12-17(25)7-8-18(20)23(16)30-24/h7-8,10,12-14H,4-6,9,11H2,1-3H3,(H,28,32)(H,27,29,30). The van der Waals surface area contributed by atoms with Crippen molar-refractivity contribution in [3.63, 3.8) is 0 Å². The lowest BCUT2D eigenvalue weighted by molar-refractivity contribution is 0.400. The van der Waals surface area contributed by atoms with Gasteiger partial charge in [-0.15, -0.1) is 0 Å². The molecule has 1 aliphatic heterocycles. The van der Waals surface area contributed by atoms with Crippen molar-refractivity contribution in [2.75, 3.05) is 31.3 Å². The highest BCUT2D eigenvalue weighted by Gasteiger charge is 2.20. The number of thiocarbonyl (C=S) groups is 1. The largest absolute Gasteiger partial charge is 0.349 e. The van der Waals surface area contributed by atoms with Crippen LogP contribution in [-0.2, 0) is 19.3 Å². The molecule has 0 spiro atoms. The van der Waals surface area contributed by atoms with Crippen molar-refractivity contribution in [1.82, 2.24) is 19.9 Å². The summed E-state index contributed by atoms with van der Waals surface area (Å²) in [5, 5.41) is 6.79. The first-order chi connectivity index (χ1) is 15.4. The molecule has 8 heteroatoms. The second-order valence-electron chi connectivity index (χ2n) is 8.21. The molecule has 0 bridgehead atoms. The topological polar surface area (TPSA) is 66.0 Å². The highest BCUT2D eigenvalue weighted by Crippen LogP contribution is 2.34. The van der Waals surface area contributed by atoms with E-state index in [1.807, 2.05) is 12.4 Å². The molecular formula is C24H27IN6S. The van der Waals surface area contributed by atoms with Crippen LogP contribution in [0.5, 0.6) is 0 Å². The van der Waals surface area contributed by atoms with Gasteiger partial charge in [0.05, 0.1) is 22.1 Å². The van der Waals surface area contributed by atoms with Crippen LogP contribution in [-0.4, -0.2) is 45.5 Å². The molecule has 1 aliphatic rings. The lowest BCUT2D eigenvalue weighted by Crippen LogP contribution is -2.13. The van der Waals surface area contributed by atoms with Gasteiger partial charge in [0, 0.05) is 39.2 Å². The predicted octanol–water partition coefficient (Wildman–Crippen LogP) is 5.24. The first kappa shape index (κ1) is 23.0. The lowest BCUT2D eigenvalue weighted by atomic mass is 10.1. The summed E-state index contributed by atoms with van der Waals surface area (Å²) >= 11 is 7.84. The fraction of sp³-hybridized carbons (Fsp3) is 0.333. The van der Waals surface area contributed by atoms with Gasteiger partial charge in [0.15, 0.2) is 0 Å². The van der Waals surface area contributed by atoms with Crippen molar-refractivity contribution in [2.24, 2.45) is 0 Å². The summed E-state index contributed by atoms with van der Waals surface area (Å²) < 4.78 is 1.15. The molecule has 3 aromatic rings. The summed E-state index contributed by atoms with van der Waals surface area (Å²) in [4.78, 5) is 17.2. The Bertz CT molecular complexity index is 1150. The number of nitrogens with zero attached hydrogens (tertiary/aromatic N) is 4. The summed E-state index contributed by atoms with van der Waals surface area (Å²) in [7, 11) is 4.20. The van der Waals surface area contributed by atoms with Crippen LogP contribution >= 0.6 is 34.8 Å². The number of fused-ring (bicyclic) bond motifs is 3. The third kappa shape index (κ3) is 5.41. The number of halogens is 1. The van der Waals surface area contributed by atoms with E-state index < -0.39 is 0 Å². The van der Waals surface area contributed by atoms with Crippen LogP contribution in [0.3, 0.4) is 0 Å². The minimum atomic E-state index is 0.572. The van der Waals surface area contributed by atoms with Crippen LogP contribution in [0.4, 0.5) is 17.3 Å². The molecule has 0 saturated heterocycles. The number of hydrogen-bond acceptors (Lipinski definition) is 6. The third-order valence-corrected chi connectivity index (χ3v) is 6.32. The number of benzene rings is 1. The number of nitrogens with one attached hydrogen (secondary N) is 2. The molecule has 6 nitrogen and oxygen atoms in total. The fourth-order valence-electron chi connectivity index (χ4n) is 3.81. The van der Waals surface area contributed by atoms with E-state index in [0.717, 1.165) is 68.3 Å². The second-order valence-corrected chi connectivity index (χ2v) is 9.94. The summed E-state index contributed by atoms with van der Waals surface area (Å²) in [5.41, 5.74) is 7.17. The quantitative estimate of drug-likeness (QED) is 0.304. The second kappa shape index (κ2) is 10.2. The van der Waals surface area contributed by atoms with Gasteiger partial charge >= 0.3 is 0 Å². The SMILES string of the molecule is CCc1ncc(CCCN(C)C)cc1Nc1ncc2c(n1)-c1ccc(I)cc1NC(=S)C2. The van der Waals surface area contributed by atoms with Gasteiger partial charge < -0.3 is 15.5 Å². The van der Waals surface area contributed by atoms with E-state index in [-0.39, 0.29) is 0 Å². The van der Waals surface area contributed by atoms with E-state index >= 15 is 0 Å². The molecule has 0 aliphatic carbocycles. The molecular weight excluding hydrogens is 531 g/mol. The molecule has 4 rings (SSSR count). The Balaban J connectivity index is 1.65. The molecule has 2 N–H and O–H groups in total. The molecule has 0 atom stereocenters. The van der Waals surface area contributed by atoms with Gasteiger partial charge in [0.25, 0.3) is 0 Å². The Labute approximate surface area is 208 Å². The zero-order valence-corrected chi connectivity index (χ0v) is 21.5. The molecule has 3 heterocycles. The van der Waals surface area contributed by atoms with Crippen molar-refractivity contribution in [1.29, 1.82) is 0 Å². The summed E-state index contributed by atoms with van der Waals surface area (Å²) in [6.45, 7) is 3.17. The van der Waals surface area contributed by atoms with Crippen LogP contribution in [0.15, 0.2) is 36.7 Å². The Morgan fingerprint density at radius 3 is 2.81 bits per heavy atom. The van der Waals surface area contributed by atoms with E-state index in [0.29, 0.717) is 12.4 Å². The first-order valence-corrected chi connectivity index (χ1v) is 12.3. The van der Waals surface area contributed by atoms with Gasteiger partial charge in [-0.1, -0.05) is 19.1 Å². The molecule has 0 saturated carbocycles. The maximum Gasteiger partial charge on any atom is 0.227 e. The van der Waals surface area contributed by atoms with Gasteiger partial charge in [-0.05, 0) is 92.3 Å².